The highest BCUT2D eigenvalue weighted by atomic mass is 79.9. The van der Waals surface area contributed by atoms with Crippen LogP contribution in [0.1, 0.15) is 0 Å². The van der Waals surface area contributed by atoms with Crippen LogP contribution in [0, 0.1) is 0 Å². The summed E-state index contributed by atoms with van der Waals surface area (Å²) >= 11 is 9.07. The Morgan fingerprint density at radius 2 is 1.85 bits per heavy atom. The summed E-state index contributed by atoms with van der Waals surface area (Å²) in [7, 11) is 0. The quantitative estimate of drug-likeness (QED) is 0.698. The van der Waals surface area contributed by atoms with Crippen molar-refractivity contribution in [3.05, 3.63) is 62.2 Å². The fraction of sp³-hybridized carbons (Fsp3) is 0. The third-order valence-electron chi connectivity index (χ3n) is 2.95. The summed E-state index contributed by atoms with van der Waals surface area (Å²) in [4.78, 5) is 12.2. The predicted octanol–water partition coefficient (Wildman–Crippen LogP) is 4.58. The van der Waals surface area contributed by atoms with Gasteiger partial charge in [0.25, 0.3) is 0 Å². The van der Waals surface area contributed by atoms with Crippen molar-refractivity contribution in [2.45, 2.75) is 0 Å². The number of halogens is 2. The highest BCUT2D eigenvalue weighted by Gasteiger charge is 2.15. The Morgan fingerprint density at radius 3 is 2.55 bits per heavy atom. The minimum atomic E-state index is -0.215. The van der Waals surface area contributed by atoms with Gasteiger partial charge in [-0.1, -0.05) is 41.9 Å². The predicted molar refractivity (Wildman–Crippen MR) is 82.3 cm³/mol. The van der Waals surface area contributed by atoms with Gasteiger partial charge in [0.15, 0.2) is 16.8 Å². The molecule has 3 nitrogen and oxygen atoms in total. The van der Waals surface area contributed by atoms with Gasteiger partial charge in [-0.25, -0.2) is 0 Å². The molecule has 0 aliphatic heterocycles. The van der Waals surface area contributed by atoms with Crippen LogP contribution in [0.2, 0.25) is 5.02 Å². The zero-order valence-corrected chi connectivity index (χ0v) is 12.4. The molecule has 0 atom stereocenters. The van der Waals surface area contributed by atoms with Crippen molar-refractivity contribution in [2.24, 2.45) is 0 Å². The molecule has 0 spiro atoms. The minimum absolute atomic E-state index is 0.101. The number of phenols is 1. The first-order chi connectivity index (χ1) is 9.58. The van der Waals surface area contributed by atoms with Crippen molar-refractivity contribution < 1.29 is 9.52 Å². The molecule has 1 heterocycles. The standard InChI is InChI=1S/C15H8BrClO3/c16-13-14(19)10(17)6-9-11(18)7-12(20-15(9)13)8-4-2-1-3-5-8/h1-7,19H. The van der Waals surface area contributed by atoms with E-state index >= 15 is 0 Å². The molecular weight excluding hydrogens is 344 g/mol. The second-order valence-corrected chi connectivity index (χ2v) is 5.44. The third-order valence-corrected chi connectivity index (χ3v) is 3.97. The molecule has 0 radical (unpaired) electrons. The van der Waals surface area contributed by atoms with Crippen LogP contribution in [-0.2, 0) is 0 Å². The Bertz CT molecular complexity index is 856. The van der Waals surface area contributed by atoms with Crippen LogP contribution >= 0.6 is 27.5 Å². The second kappa shape index (κ2) is 4.96. The van der Waals surface area contributed by atoms with Crippen LogP contribution in [0.15, 0.2) is 56.1 Å². The lowest BCUT2D eigenvalue weighted by Gasteiger charge is -2.07. The van der Waals surface area contributed by atoms with E-state index in [0.717, 1.165) is 5.56 Å². The van der Waals surface area contributed by atoms with Crippen molar-refractivity contribution >= 4 is 38.5 Å². The van der Waals surface area contributed by atoms with Gasteiger partial charge in [0.1, 0.15) is 10.2 Å². The lowest BCUT2D eigenvalue weighted by atomic mass is 10.1. The first-order valence-electron chi connectivity index (χ1n) is 5.78. The number of hydrogen-bond donors (Lipinski definition) is 1. The van der Waals surface area contributed by atoms with E-state index in [0.29, 0.717) is 11.1 Å². The van der Waals surface area contributed by atoms with Crippen LogP contribution in [0.3, 0.4) is 0 Å². The average molecular weight is 352 g/mol. The topological polar surface area (TPSA) is 50.4 Å². The van der Waals surface area contributed by atoms with Crippen LogP contribution < -0.4 is 5.43 Å². The molecule has 0 amide bonds. The molecule has 0 aliphatic carbocycles. The van der Waals surface area contributed by atoms with Crippen LogP contribution in [0.5, 0.6) is 5.75 Å². The molecule has 1 N–H and O–H groups in total. The van der Waals surface area contributed by atoms with E-state index in [9.17, 15) is 9.90 Å². The molecule has 2 aromatic carbocycles. The molecule has 1 aromatic heterocycles. The van der Waals surface area contributed by atoms with Gasteiger partial charge in [-0.3, -0.25) is 4.79 Å². The maximum atomic E-state index is 12.2. The van der Waals surface area contributed by atoms with Gasteiger partial charge in [0.2, 0.25) is 0 Å². The van der Waals surface area contributed by atoms with Crippen molar-refractivity contribution in [2.75, 3.05) is 0 Å². The van der Waals surface area contributed by atoms with Crippen molar-refractivity contribution in [1.82, 2.24) is 0 Å². The Kier molecular flexibility index (Phi) is 3.28. The Balaban J connectivity index is 2.38. The monoisotopic (exact) mass is 350 g/mol. The van der Waals surface area contributed by atoms with E-state index < -0.39 is 0 Å². The summed E-state index contributed by atoms with van der Waals surface area (Å²) in [5.41, 5.74) is 0.846. The number of phenolic OH excluding ortho intramolecular Hbond substituents is 1. The van der Waals surface area contributed by atoms with Crippen LogP contribution in [0.25, 0.3) is 22.3 Å². The van der Waals surface area contributed by atoms with Gasteiger partial charge in [-0.15, -0.1) is 0 Å². The lowest BCUT2D eigenvalue weighted by molar-refractivity contribution is 0.471. The van der Waals surface area contributed by atoms with E-state index in [2.05, 4.69) is 15.9 Å². The van der Waals surface area contributed by atoms with Gasteiger partial charge in [0.05, 0.1) is 10.4 Å². The molecule has 0 unspecified atom stereocenters. The molecule has 5 heteroatoms. The molecule has 0 bridgehead atoms. The lowest BCUT2D eigenvalue weighted by Crippen LogP contribution is -2.01. The van der Waals surface area contributed by atoms with E-state index in [4.69, 9.17) is 16.0 Å². The number of benzene rings is 2. The molecule has 20 heavy (non-hydrogen) atoms. The van der Waals surface area contributed by atoms with E-state index in [-0.39, 0.29) is 26.3 Å². The fourth-order valence-corrected chi connectivity index (χ4v) is 2.78. The molecule has 100 valence electrons. The molecule has 3 rings (SSSR count). The SMILES string of the molecule is O=c1cc(-c2ccccc2)oc2c(Br)c(O)c(Cl)cc12. The summed E-state index contributed by atoms with van der Waals surface area (Å²) in [6.45, 7) is 0. The minimum Gasteiger partial charge on any atom is -0.505 e. The maximum Gasteiger partial charge on any atom is 0.193 e. The summed E-state index contributed by atoms with van der Waals surface area (Å²) in [5.74, 6) is 0.290. The first-order valence-corrected chi connectivity index (χ1v) is 6.95. The zero-order valence-electron chi connectivity index (χ0n) is 10.1. The van der Waals surface area contributed by atoms with E-state index in [1.54, 1.807) is 0 Å². The van der Waals surface area contributed by atoms with Gasteiger partial charge in [-0.2, -0.15) is 0 Å². The van der Waals surface area contributed by atoms with Crippen molar-refractivity contribution in [3.8, 4) is 17.1 Å². The smallest absolute Gasteiger partial charge is 0.193 e. The normalized spacial score (nSPS) is 10.9. The molecular formula is C15H8BrClO3. The van der Waals surface area contributed by atoms with Crippen LogP contribution in [0.4, 0.5) is 0 Å². The largest absolute Gasteiger partial charge is 0.505 e. The molecule has 0 saturated carbocycles. The number of aromatic hydroxyl groups is 1. The number of rotatable bonds is 1. The van der Waals surface area contributed by atoms with Crippen molar-refractivity contribution in [1.29, 1.82) is 0 Å². The highest BCUT2D eigenvalue weighted by Crippen LogP contribution is 2.38. The number of fused-ring (bicyclic) bond motifs is 1. The molecule has 0 saturated heterocycles. The molecule has 0 aliphatic rings. The molecule has 0 fully saturated rings. The Labute approximate surface area is 127 Å². The summed E-state index contributed by atoms with van der Waals surface area (Å²) in [5, 5.41) is 10.2. The van der Waals surface area contributed by atoms with Crippen molar-refractivity contribution in [3.63, 3.8) is 0 Å². The Morgan fingerprint density at radius 1 is 1.15 bits per heavy atom. The van der Waals surface area contributed by atoms with E-state index in [1.165, 1.54) is 12.1 Å². The number of hydrogen-bond acceptors (Lipinski definition) is 3. The van der Waals surface area contributed by atoms with Crippen LogP contribution in [-0.4, -0.2) is 5.11 Å². The fourth-order valence-electron chi connectivity index (χ4n) is 1.95. The Hall–Kier alpha value is -1.78. The second-order valence-electron chi connectivity index (χ2n) is 4.24. The maximum absolute atomic E-state index is 12.2. The summed E-state index contributed by atoms with van der Waals surface area (Å²) in [6.07, 6.45) is 0. The summed E-state index contributed by atoms with van der Waals surface area (Å²) < 4.78 is 6.00. The zero-order chi connectivity index (χ0) is 14.3. The highest BCUT2D eigenvalue weighted by molar-refractivity contribution is 9.10. The van der Waals surface area contributed by atoms with Gasteiger partial charge < -0.3 is 9.52 Å². The average Bonchev–Trinajstić information content (AvgIpc) is 2.47. The van der Waals surface area contributed by atoms with Gasteiger partial charge >= 0.3 is 0 Å². The van der Waals surface area contributed by atoms with Gasteiger partial charge in [-0.05, 0) is 22.0 Å². The molecule has 3 aromatic rings. The third kappa shape index (κ3) is 2.11. The van der Waals surface area contributed by atoms with Gasteiger partial charge in [0, 0.05) is 11.6 Å². The van der Waals surface area contributed by atoms with E-state index in [1.807, 2.05) is 30.3 Å². The summed E-state index contributed by atoms with van der Waals surface area (Å²) in [6, 6.07) is 12.1. The first kappa shape index (κ1) is 13.2.